The number of nitrogens with zero attached hydrogens (tertiary/aromatic N) is 4. The van der Waals surface area contributed by atoms with Crippen molar-refractivity contribution in [2.75, 3.05) is 19.8 Å². The van der Waals surface area contributed by atoms with E-state index < -0.39 is 0 Å². The van der Waals surface area contributed by atoms with Gasteiger partial charge in [0.1, 0.15) is 6.04 Å². The molecular formula is C16H19ClN4OS. The second-order valence-electron chi connectivity index (χ2n) is 5.38. The van der Waals surface area contributed by atoms with Crippen LogP contribution in [0.15, 0.2) is 33.8 Å². The van der Waals surface area contributed by atoms with Gasteiger partial charge in [-0.3, -0.25) is 4.99 Å². The molecule has 1 aromatic carbocycles. The minimum atomic E-state index is 0.0929. The van der Waals surface area contributed by atoms with Gasteiger partial charge in [-0.1, -0.05) is 40.7 Å². The summed E-state index contributed by atoms with van der Waals surface area (Å²) in [6, 6.07) is 7.58. The van der Waals surface area contributed by atoms with Gasteiger partial charge in [0.15, 0.2) is 5.17 Å². The van der Waals surface area contributed by atoms with E-state index >= 15 is 0 Å². The summed E-state index contributed by atoms with van der Waals surface area (Å²) in [6.45, 7) is 0.965. The van der Waals surface area contributed by atoms with Crippen LogP contribution in [0.1, 0.15) is 31.2 Å². The standard InChI is InChI=1S/C16H19ClN4OS/c1-18-16(23-2)21-9-4-3-8-13(21)15-19-14(20-22-15)11-6-5-7-12(17)10-11/h5-7,10,13H,3-4,8-9H2,1-2H3. The summed E-state index contributed by atoms with van der Waals surface area (Å²) in [7, 11) is 1.82. The Morgan fingerprint density at radius 2 is 2.30 bits per heavy atom. The summed E-state index contributed by atoms with van der Waals surface area (Å²) in [6.07, 6.45) is 5.35. The third-order valence-electron chi connectivity index (χ3n) is 3.93. The summed E-state index contributed by atoms with van der Waals surface area (Å²) in [5.74, 6) is 1.22. The lowest BCUT2D eigenvalue weighted by molar-refractivity contribution is 0.198. The lowest BCUT2D eigenvalue weighted by Gasteiger charge is -2.34. The maximum atomic E-state index is 6.04. The Hall–Kier alpha value is -1.53. The summed E-state index contributed by atoms with van der Waals surface area (Å²) >= 11 is 7.69. The SMILES string of the molecule is CN=C(SC)N1CCCCC1c1nc(-c2cccc(Cl)c2)no1. The number of likely N-dealkylation sites (tertiary alicyclic amines) is 1. The number of amidine groups is 1. The topological polar surface area (TPSA) is 54.5 Å². The second-order valence-corrected chi connectivity index (χ2v) is 6.59. The highest BCUT2D eigenvalue weighted by Gasteiger charge is 2.30. The van der Waals surface area contributed by atoms with Gasteiger partial charge in [-0.15, -0.1) is 0 Å². The van der Waals surface area contributed by atoms with E-state index in [4.69, 9.17) is 16.1 Å². The van der Waals surface area contributed by atoms with Crippen LogP contribution in [0.2, 0.25) is 5.02 Å². The smallest absolute Gasteiger partial charge is 0.249 e. The molecule has 1 fully saturated rings. The van der Waals surface area contributed by atoms with Crippen molar-refractivity contribution < 1.29 is 4.52 Å². The van der Waals surface area contributed by atoms with Crippen molar-refractivity contribution in [3.63, 3.8) is 0 Å². The largest absolute Gasteiger partial charge is 0.339 e. The van der Waals surface area contributed by atoms with Crippen molar-refractivity contribution in [3.8, 4) is 11.4 Å². The van der Waals surface area contributed by atoms with Crippen LogP contribution < -0.4 is 0 Å². The van der Waals surface area contributed by atoms with E-state index in [2.05, 4.69) is 20.0 Å². The van der Waals surface area contributed by atoms with Gasteiger partial charge < -0.3 is 9.42 Å². The van der Waals surface area contributed by atoms with Gasteiger partial charge in [-0.2, -0.15) is 4.98 Å². The van der Waals surface area contributed by atoms with Crippen LogP contribution in [0.3, 0.4) is 0 Å². The van der Waals surface area contributed by atoms with E-state index in [0.717, 1.165) is 36.5 Å². The van der Waals surface area contributed by atoms with Gasteiger partial charge in [0.2, 0.25) is 11.7 Å². The zero-order chi connectivity index (χ0) is 16.2. The van der Waals surface area contributed by atoms with Crippen LogP contribution in [0, 0.1) is 0 Å². The van der Waals surface area contributed by atoms with Crippen molar-refractivity contribution >= 4 is 28.5 Å². The summed E-state index contributed by atoms with van der Waals surface area (Å²) in [5.41, 5.74) is 0.865. The number of hydrogen-bond donors (Lipinski definition) is 0. The molecule has 0 saturated carbocycles. The number of rotatable bonds is 2. The van der Waals surface area contributed by atoms with Crippen LogP contribution in [0.4, 0.5) is 0 Å². The van der Waals surface area contributed by atoms with Crippen LogP contribution in [0.25, 0.3) is 11.4 Å². The van der Waals surface area contributed by atoms with E-state index in [0.29, 0.717) is 16.7 Å². The van der Waals surface area contributed by atoms with Crippen molar-refractivity contribution in [3.05, 3.63) is 35.2 Å². The fourth-order valence-electron chi connectivity index (χ4n) is 2.87. The average molecular weight is 351 g/mol. The molecule has 3 rings (SSSR count). The summed E-state index contributed by atoms with van der Waals surface area (Å²) < 4.78 is 5.56. The van der Waals surface area contributed by atoms with Crippen molar-refractivity contribution in [2.45, 2.75) is 25.3 Å². The molecule has 1 aliphatic rings. The van der Waals surface area contributed by atoms with E-state index in [9.17, 15) is 0 Å². The quantitative estimate of drug-likeness (QED) is 0.598. The van der Waals surface area contributed by atoms with Crippen LogP contribution in [0.5, 0.6) is 0 Å². The summed E-state index contributed by atoms with van der Waals surface area (Å²) in [5, 5.41) is 5.80. The van der Waals surface area contributed by atoms with E-state index in [1.165, 1.54) is 0 Å². The molecule has 0 bridgehead atoms. The number of benzene rings is 1. The Morgan fingerprint density at radius 1 is 1.43 bits per heavy atom. The molecule has 1 saturated heterocycles. The maximum absolute atomic E-state index is 6.04. The Kier molecular flexibility index (Phi) is 5.23. The lowest BCUT2D eigenvalue weighted by atomic mass is 10.0. The lowest BCUT2D eigenvalue weighted by Crippen LogP contribution is -2.37. The Balaban J connectivity index is 1.88. The van der Waals surface area contributed by atoms with Gasteiger partial charge in [0, 0.05) is 24.2 Å². The minimum Gasteiger partial charge on any atom is -0.339 e. The first-order valence-corrected chi connectivity index (χ1v) is 9.20. The molecular weight excluding hydrogens is 332 g/mol. The maximum Gasteiger partial charge on any atom is 0.249 e. The number of thioether (sulfide) groups is 1. The number of hydrogen-bond acceptors (Lipinski definition) is 5. The van der Waals surface area contributed by atoms with E-state index in [1.54, 1.807) is 11.8 Å². The molecule has 0 spiro atoms. The monoisotopic (exact) mass is 350 g/mol. The van der Waals surface area contributed by atoms with Crippen molar-refractivity contribution in [1.29, 1.82) is 0 Å². The molecule has 1 aromatic heterocycles. The molecule has 2 heterocycles. The zero-order valence-corrected chi connectivity index (χ0v) is 14.8. The van der Waals surface area contributed by atoms with E-state index in [-0.39, 0.29) is 6.04 Å². The number of aliphatic imine (C=N–C) groups is 1. The van der Waals surface area contributed by atoms with Gasteiger partial charge in [-0.25, -0.2) is 0 Å². The van der Waals surface area contributed by atoms with Crippen LogP contribution in [-0.2, 0) is 0 Å². The Morgan fingerprint density at radius 3 is 3.04 bits per heavy atom. The highest BCUT2D eigenvalue weighted by atomic mass is 35.5. The highest BCUT2D eigenvalue weighted by Crippen LogP contribution is 2.33. The molecule has 1 aliphatic heterocycles. The molecule has 2 aromatic rings. The molecule has 1 atom stereocenters. The molecule has 23 heavy (non-hydrogen) atoms. The first-order valence-electron chi connectivity index (χ1n) is 7.60. The molecule has 5 nitrogen and oxygen atoms in total. The van der Waals surface area contributed by atoms with Crippen LogP contribution >= 0.6 is 23.4 Å². The van der Waals surface area contributed by atoms with Gasteiger partial charge >= 0.3 is 0 Å². The predicted octanol–water partition coefficient (Wildman–Crippen LogP) is 4.27. The molecule has 0 aliphatic carbocycles. The fraction of sp³-hybridized carbons (Fsp3) is 0.438. The Bertz CT molecular complexity index is 703. The molecule has 122 valence electrons. The van der Waals surface area contributed by atoms with Crippen molar-refractivity contribution in [2.24, 2.45) is 4.99 Å². The normalized spacial score (nSPS) is 19.2. The van der Waals surface area contributed by atoms with Crippen LogP contribution in [-0.4, -0.2) is 40.1 Å². The second kappa shape index (κ2) is 7.36. The van der Waals surface area contributed by atoms with Crippen molar-refractivity contribution in [1.82, 2.24) is 15.0 Å². The number of aromatic nitrogens is 2. The zero-order valence-electron chi connectivity index (χ0n) is 13.2. The average Bonchev–Trinajstić information content (AvgIpc) is 3.06. The first kappa shape index (κ1) is 16.3. The molecule has 7 heteroatoms. The molecule has 0 radical (unpaired) electrons. The number of piperidine rings is 1. The first-order chi connectivity index (χ1) is 11.2. The predicted molar refractivity (Wildman–Crippen MR) is 94.9 cm³/mol. The van der Waals surface area contributed by atoms with E-state index in [1.807, 2.05) is 37.6 Å². The van der Waals surface area contributed by atoms with Gasteiger partial charge in [0.25, 0.3) is 0 Å². The molecule has 0 amide bonds. The number of halogens is 1. The van der Waals surface area contributed by atoms with Gasteiger partial charge in [0.05, 0.1) is 0 Å². The minimum absolute atomic E-state index is 0.0929. The third-order valence-corrected chi connectivity index (χ3v) is 4.95. The fourth-order valence-corrected chi connectivity index (χ4v) is 3.70. The molecule has 0 N–H and O–H groups in total. The highest BCUT2D eigenvalue weighted by molar-refractivity contribution is 8.13. The summed E-state index contributed by atoms with van der Waals surface area (Å²) in [4.78, 5) is 11.3. The Labute approximate surface area is 145 Å². The molecule has 1 unspecified atom stereocenters. The van der Waals surface area contributed by atoms with Gasteiger partial charge in [-0.05, 0) is 37.7 Å². The third kappa shape index (κ3) is 3.53.